The lowest BCUT2D eigenvalue weighted by Gasteiger charge is -2.32. The van der Waals surface area contributed by atoms with Crippen molar-refractivity contribution in [2.75, 3.05) is 6.61 Å². The molecule has 7 heteroatoms. The van der Waals surface area contributed by atoms with Crippen molar-refractivity contribution in [1.29, 1.82) is 0 Å². The van der Waals surface area contributed by atoms with Crippen LogP contribution in [-0.2, 0) is 23.3 Å². The van der Waals surface area contributed by atoms with Gasteiger partial charge in [0.05, 0.1) is 12.0 Å². The molecule has 0 saturated carbocycles. The first-order valence-corrected chi connectivity index (χ1v) is 9.53. The van der Waals surface area contributed by atoms with Crippen LogP contribution in [0.5, 0.6) is 0 Å². The fourth-order valence-corrected chi connectivity index (χ4v) is 4.23. The molecule has 3 heterocycles. The Labute approximate surface area is 160 Å². The lowest BCUT2D eigenvalue weighted by Crippen LogP contribution is -2.53. The zero-order valence-corrected chi connectivity index (χ0v) is 16.0. The number of nitrogens with zero attached hydrogens (tertiary/aromatic N) is 2. The third-order valence-corrected chi connectivity index (χ3v) is 5.74. The van der Waals surface area contributed by atoms with Crippen LogP contribution in [0.4, 0.5) is 4.39 Å². The molecule has 2 aliphatic rings. The van der Waals surface area contributed by atoms with E-state index in [-0.39, 0.29) is 11.2 Å². The molecule has 1 N–H and O–H groups in total. The van der Waals surface area contributed by atoms with Gasteiger partial charge in [0, 0.05) is 24.1 Å². The second-order valence-electron chi connectivity index (χ2n) is 7.06. The Morgan fingerprint density at radius 2 is 2.11 bits per heavy atom. The number of rotatable bonds is 2. The van der Waals surface area contributed by atoms with Crippen LogP contribution in [0.15, 0.2) is 40.2 Å². The topological polar surface area (TPSA) is 56.2 Å². The third kappa shape index (κ3) is 3.33. The molecule has 0 spiro atoms. The summed E-state index contributed by atoms with van der Waals surface area (Å²) in [5, 5.41) is 4.63. The Hall–Kier alpha value is -2.38. The lowest BCUT2D eigenvalue weighted by atomic mass is 10.1. The predicted molar refractivity (Wildman–Crippen MR) is 105 cm³/mol. The molecule has 0 atom stereocenters. The van der Waals surface area contributed by atoms with Crippen molar-refractivity contribution in [3.63, 3.8) is 0 Å². The number of fused-ring (bicyclic) bond motifs is 1. The molecule has 2 aromatic rings. The molecular formula is C20H20FN3O2S. The zero-order chi connectivity index (χ0) is 19.2. The van der Waals surface area contributed by atoms with Gasteiger partial charge in [-0.3, -0.25) is 4.79 Å². The van der Waals surface area contributed by atoms with Crippen LogP contribution >= 0.6 is 11.8 Å². The van der Waals surface area contributed by atoms with Gasteiger partial charge in [0.2, 0.25) is 5.43 Å². The minimum absolute atomic E-state index is 0.178. The first-order chi connectivity index (χ1) is 12.8. The molecule has 5 nitrogen and oxygen atoms in total. The van der Waals surface area contributed by atoms with E-state index in [0.29, 0.717) is 41.1 Å². The quantitative estimate of drug-likeness (QED) is 0.850. The number of nitrogens with one attached hydrogen (secondary N) is 1. The number of hydrogen-bond acceptors (Lipinski definition) is 5. The monoisotopic (exact) mass is 385 g/mol. The van der Waals surface area contributed by atoms with Crippen molar-refractivity contribution in [3.8, 4) is 0 Å². The number of aromatic nitrogens is 2. The number of benzene rings is 1. The van der Waals surface area contributed by atoms with Gasteiger partial charge in [-0.25, -0.2) is 9.37 Å². The SMILES string of the molecule is C=c1c(=O)c(=C2NC=C(Cc3ccc(F)cc3)S2)nc2n1CCOC2(C)C. The summed E-state index contributed by atoms with van der Waals surface area (Å²) in [7, 11) is 0. The van der Waals surface area contributed by atoms with Crippen LogP contribution in [0.1, 0.15) is 25.2 Å². The molecule has 0 saturated heterocycles. The maximum Gasteiger partial charge on any atom is 0.229 e. The van der Waals surface area contributed by atoms with Gasteiger partial charge in [-0.1, -0.05) is 30.5 Å². The smallest absolute Gasteiger partial charge is 0.229 e. The van der Waals surface area contributed by atoms with Crippen LogP contribution in [-0.4, -0.2) is 16.2 Å². The van der Waals surface area contributed by atoms with E-state index < -0.39 is 5.60 Å². The average Bonchev–Trinajstić information content (AvgIpc) is 3.08. The van der Waals surface area contributed by atoms with Crippen molar-refractivity contribution in [2.24, 2.45) is 0 Å². The summed E-state index contributed by atoms with van der Waals surface area (Å²) < 4.78 is 20.7. The van der Waals surface area contributed by atoms with Crippen LogP contribution in [0.3, 0.4) is 0 Å². The maximum atomic E-state index is 13.1. The highest BCUT2D eigenvalue weighted by atomic mass is 32.2. The van der Waals surface area contributed by atoms with E-state index in [9.17, 15) is 9.18 Å². The molecule has 1 aromatic carbocycles. The molecule has 4 rings (SSSR count). The summed E-state index contributed by atoms with van der Waals surface area (Å²) in [6, 6.07) is 6.41. The summed E-state index contributed by atoms with van der Waals surface area (Å²) in [6.07, 6.45) is 2.52. The predicted octanol–water partition coefficient (Wildman–Crippen LogP) is 1.54. The van der Waals surface area contributed by atoms with Crippen molar-refractivity contribution >= 4 is 23.4 Å². The highest BCUT2D eigenvalue weighted by Crippen LogP contribution is 2.31. The van der Waals surface area contributed by atoms with E-state index in [1.165, 1.54) is 23.9 Å². The third-order valence-electron chi connectivity index (χ3n) is 4.70. The van der Waals surface area contributed by atoms with E-state index in [1.807, 2.05) is 24.6 Å². The standard InChI is InChI=1S/C20H20FN3O2S/c1-12-17(25)16(23-19-20(2,3)26-9-8-24(12)19)18-22-11-15(27-18)10-13-4-6-14(21)7-5-13/h4-7,11,22H,1,8-10H2,2-3H3. The van der Waals surface area contributed by atoms with Gasteiger partial charge in [0.1, 0.15) is 27.6 Å². The molecule has 140 valence electrons. The van der Waals surface area contributed by atoms with Gasteiger partial charge in [-0.15, -0.1) is 0 Å². The van der Waals surface area contributed by atoms with Gasteiger partial charge in [-0.05, 0) is 31.5 Å². The van der Waals surface area contributed by atoms with Crippen LogP contribution < -0.4 is 21.4 Å². The second kappa shape index (κ2) is 6.65. The maximum absolute atomic E-state index is 13.1. The number of thioether (sulfide) groups is 1. The Morgan fingerprint density at radius 3 is 2.85 bits per heavy atom. The molecule has 27 heavy (non-hydrogen) atoms. The summed E-state index contributed by atoms with van der Waals surface area (Å²) in [4.78, 5) is 18.5. The summed E-state index contributed by atoms with van der Waals surface area (Å²) in [6.45, 7) is 8.96. The van der Waals surface area contributed by atoms with E-state index in [1.54, 1.807) is 12.1 Å². The number of hydrogen-bond donors (Lipinski definition) is 1. The van der Waals surface area contributed by atoms with Crippen LogP contribution in [0.2, 0.25) is 0 Å². The Balaban J connectivity index is 1.71. The summed E-state index contributed by atoms with van der Waals surface area (Å²) in [5.74, 6) is 0.451. The first kappa shape index (κ1) is 18.0. The molecule has 0 radical (unpaired) electrons. The lowest BCUT2D eigenvalue weighted by molar-refractivity contribution is -0.0565. The second-order valence-corrected chi connectivity index (χ2v) is 8.20. The van der Waals surface area contributed by atoms with Crippen molar-refractivity contribution in [2.45, 2.75) is 32.4 Å². The molecule has 0 amide bonds. The normalized spacial score (nSPS) is 20.0. The van der Waals surface area contributed by atoms with Gasteiger partial charge in [-0.2, -0.15) is 0 Å². The molecular weight excluding hydrogens is 365 g/mol. The van der Waals surface area contributed by atoms with Crippen molar-refractivity contribution in [3.05, 3.63) is 73.5 Å². The molecule has 0 aliphatic carbocycles. The van der Waals surface area contributed by atoms with Crippen LogP contribution in [0, 0.1) is 5.82 Å². The van der Waals surface area contributed by atoms with E-state index in [4.69, 9.17) is 4.74 Å². The fourth-order valence-electron chi connectivity index (χ4n) is 3.26. The van der Waals surface area contributed by atoms with E-state index in [2.05, 4.69) is 16.9 Å². The molecule has 2 aliphatic heterocycles. The minimum Gasteiger partial charge on any atom is -0.366 e. The number of halogens is 1. The molecule has 0 fully saturated rings. The summed E-state index contributed by atoms with van der Waals surface area (Å²) >= 11 is 1.47. The highest BCUT2D eigenvalue weighted by Gasteiger charge is 2.31. The Morgan fingerprint density at radius 1 is 1.37 bits per heavy atom. The molecule has 0 bridgehead atoms. The molecule has 0 unspecified atom stereocenters. The van der Waals surface area contributed by atoms with Gasteiger partial charge in [0.25, 0.3) is 0 Å². The number of allylic oxidation sites excluding steroid dienone is 1. The van der Waals surface area contributed by atoms with Crippen LogP contribution in [0.25, 0.3) is 11.6 Å². The zero-order valence-electron chi connectivity index (χ0n) is 15.2. The van der Waals surface area contributed by atoms with Gasteiger partial charge >= 0.3 is 0 Å². The minimum atomic E-state index is -0.582. The van der Waals surface area contributed by atoms with E-state index >= 15 is 0 Å². The van der Waals surface area contributed by atoms with Gasteiger partial charge < -0.3 is 14.6 Å². The Bertz CT molecular complexity index is 1100. The van der Waals surface area contributed by atoms with Crippen molar-refractivity contribution < 1.29 is 9.13 Å². The van der Waals surface area contributed by atoms with Gasteiger partial charge in [0.15, 0.2) is 0 Å². The fraction of sp³-hybridized carbons (Fsp3) is 0.300. The molecule has 1 aromatic heterocycles. The average molecular weight is 385 g/mol. The first-order valence-electron chi connectivity index (χ1n) is 8.71. The summed E-state index contributed by atoms with van der Waals surface area (Å²) in [5.41, 5.74) is 0.242. The van der Waals surface area contributed by atoms with Crippen molar-refractivity contribution in [1.82, 2.24) is 14.9 Å². The largest absolute Gasteiger partial charge is 0.366 e. The number of ether oxygens (including phenoxy) is 1. The highest BCUT2D eigenvalue weighted by molar-refractivity contribution is 8.11. The Kier molecular flexibility index (Phi) is 4.44. The van der Waals surface area contributed by atoms with E-state index in [0.717, 1.165) is 10.5 Å².